The van der Waals surface area contributed by atoms with E-state index in [9.17, 15) is 5.11 Å². The molecule has 1 heterocycles. The molecule has 1 unspecified atom stereocenters. The van der Waals surface area contributed by atoms with Crippen molar-refractivity contribution in [2.75, 3.05) is 26.7 Å². The van der Waals surface area contributed by atoms with Crippen LogP contribution in [0.5, 0.6) is 11.5 Å². The quantitative estimate of drug-likeness (QED) is 0.819. The molecule has 21 heavy (non-hydrogen) atoms. The molecule has 0 saturated carbocycles. The van der Waals surface area contributed by atoms with E-state index >= 15 is 0 Å². The number of ether oxygens (including phenoxy) is 1. The smallest absolute Gasteiger partial charge is 0.161 e. The first-order chi connectivity index (χ1) is 9.63. The Morgan fingerprint density at radius 1 is 1.52 bits per heavy atom. The minimum Gasteiger partial charge on any atom is -0.504 e. The fourth-order valence-electron chi connectivity index (χ4n) is 2.70. The number of benzene rings is 1. The summed E-state index contributed by atoms with van der Waals surface area (Å²) >= 11 is 0. The first kappa shape index (κ1) is 17.8. The zero-order valence-corrected chi connectivity index (χ0v) is 13.6. The molecule has 0 radical (unpaired) electrons. The minimum atomic E-state index is 0. The van der Waals surface area contributed by atoms with E-state index in [0.717, 1.165) is 31.7 Å². The Labute approximate surface area is 133 Å². The van der Waals surface area contributed by atoms with Gasteiger partial charge in [-0.05, 0) is 25.0 Å². The lowest BCUT2D eigenvalue weighted by atomic mass is 10.0. The van der Waals surface area contributed by atoms with Crippen LogP contribution in [-0.4, -0.2) is 42.8 Å². The molecule has 2 N–H and O–H groups in total. The molecule has 0 aromatic heterocycles. The lowest BCUT2D eigenvalue weighted by molar-refractivity contribution is 0.199. The van der Waals surface area contributed by atoms with Gasteiger partial charge in [0.05, 0.1) is 7.11 Å². The number of allylic oxidation sites excluding steroid dienone is 1. The van der Waals surface area contributed by atoms with Gasteiger partial charge in [-0.25, -0.2) is 0 Å². The van der Waals surface area contributed by atoms with Crippen LogP contribution in [0.1, 0.15) is 18.1 Å². The number of phenolic OH excluding ortho intramolecular Hbond substituents is 1. The highest BCUT2D eigenvalue weighted by atomic mass is 35.5. The summed E-state index contributed by atoms with van der Waals surface area (Å²) < 4.78 is 5.27. The number of piperazine rings is 1. The van der Waals surface area contributed by atoms with Crippen molar-refractivity contribution in [3.05, 3.63) is 35.9 Å². The highest BCUT2D eigenvalue weighted by molar-refractivity contribution is 5.85. The number of methoxy groups -OCH3 is 1. The first-order valence-corrected chi connectivity index (χ1v) is 7.09. The Hall–Kier alpha value is -1.23. The van der Waals surface area contributed by atoms with Gasteiger partial charge in [0, 0.05) is 37.8 Å². The molecule has 4 nitrogen and oxygen atoms in total. The predicted molar refractivity (Wildman–Crippen MR) is 88.5 cm³/mol. The van der Waals surface area contributed by atoms with E-state index in [0.29, 0.717) is 18.2 Å². The van der Waals surface area contributed by atoms with Crippen molar-refractivity contribution in [1.82, 2.24) is 10.2 Å². The van der Waals surface area contributed by atoms with Crippen LogP contribution < -0.4 is 10.1 Å². The highest BCUT2D eigenvalue weighted by Crippen LogP contribution is 2.32. The third-order valence-corrected chi connectivity index (χ3v) is 3.66. The molecule has 5 heteroatoms. The number of nitrogens with one attached hydrogen (secondary N) is 1. The summed E-state index contributed by atoms with van der Waals surface area (Å²) in [5.41, 5.74) is 2.04. The van der Waals surface area contributed by atoms with E-state index in [2.05, 4.69) is 23.7 Å². The maximum absolute atomic E-state index is 10.1. The Bertz CT molecular complexity index is 480. The molecule has 1 fully saturated rings. The topological polar surface area (TPSA) is 44.7 Å². The highest BCUT2D eigenvalue weighted by Gasteiger charge is 2.17. The zero-order valence-electron chi connectivity index (χ0n) is 12.8. The van der Waals surface area contributed by atoms with Crippen molar-refractivity contribution in [3.63, 3.8) is 0 Å². The minimum absolute atomic E-state index is 0. The third kappa shape index (κ3) is 4.63. The number of aromatic hydroxyl groups is 1. The van der Waals surface area contributed by atoms with Crippen molar-refractivity contribution >= 4 is 12.4 Å². The Kier molecular flexibility index (Phi) is 7.02. The summed E-state index contributed by atoms with van der Waals surface area (Å²) in [6.07, 6.45) is 2.44. The van der Waals surface area contributed by atoms with Crippen LogP contribution in [0.4, 0.5) is 0 Å². The Morgan fingerprint density at radius 3 is 2.90 bits per heavy atom. The van der Waals surface area contributed by atoms with Crippen LogP contribution >= 0.6 is 12.4 Å². The van der Waals surface area contributed by atoms with Gasteiger partial charge in [-0.1, -0.05) is 12.1 Å². The maximum Gasteiger partial charge on any atom is 0.161 e. The van der Waals surface area contributed by atoms with E-state index in [1.807, 2.05) is 12.1 Å². The Balaban J connectivity index is 0.00000220. The van der Waals surface area contributed by atoms with Crippen molar-refractivity contribution in [1.29, 1.82) is 0 Å². The molecule has 1 atom stereocenters. The standard InChI is InChI=1S/C16H24N2O2.ClH/c1-4-5-14-8-13(9-15(20-3)16(14)19)11-18-7-6-17-12(2)10-18;/h4,8-9,12,17,19H,1,5-7,10-11H2,2-3H3;1H. The zero-order chi connectivity index (χ0) is 14.5. The molecule has 1 saturated heterocycles. The fraction of sp³-hybridized carbons (Fsp3) is 0.500. The van der Waals surface area contributed by atoms with Crippen molar-refractivity contribution < 1.29 is 9.84 Å². The fourth-order valence-corrected chi connectivity index (χ4v) is 2.70. The summed E-state index contributed by atoms with van der Waals surface area (Å²) in [5.74, 6) is 0.771. The number of nitrogens with zero attached hydrogens (tertiary/aromatic N) is 1. The number of phenols is 1. The van der Waals surface area contributed by atoms with Gasteiger partial charge in [0.2, 0.25) is 0 Å². The second kappa shape index (κ2) is 8.27. The number of hydrogen-bond donors (Lipinski definition) is 2. The van der Waals surface area contributed by atoms with Crippen LogP contribution in [0.2, 0.25) is 0 Å². The summed E-state index contributed by atoms with van der Waals surface area (Å²) in [7, 11) is 1.59. The number of halogens is 1. The monoisotopic (exact) mass is 312 g/mol. The molecule has 0 spiro atoms. The predicted octanol–water partition coefficient (Wildman–Crippen LogP) is 2.34. The van der Waals surface area contributed by atoms with Gasteiger partial charge < -0.3 is 15.2 Å². The molecule has 1 aromatic rings. The van der Waals surface area contributed by atoms with Gasteiger partial charge in [-0.3, -0.25) is 4.90 Å². The maximum atomic E-state index is 10.1. The van der Waals surface area contributed by atoms with Crippen molar-refractivity contribution in [2.24, 2.45) is 0 Å². The molecule has 0 amide bonds. The van der Waals surface area contributed by atoms with Crippen molar-refractivity contribution in [2.45, 2.75) is 25.9 Å². The summed E-state index contributed by atoms with van der Waals surface area (Å²) in [6.45, 7) is 9.93. The third-order valence-electron chi connectivity index (χ3n) is 3.66. The molecule has 2 rings (SSSR count). The largest absolute Gasteiger partial charge is 0.504 e. The van der Waals surface area contributed by atoms with Crippen LogP contribution in [0.3, 0.4) is 0 Å². The van der Waals surface area contributed by atoms with Crippen LogP contribution in [-0.2, 0) is 13.0 Å². The summed E-state index contributed by atoms with van der Waals surface area (Å²) in [6, 6.07) is 4.50. The number of rotatable bonds is 5. The molecule has 1 aromatic carbocycles. The van der Waals surface area contributed by atoms with Gasteiger partial charge >= 0.3 is 0 Å². The lowest BCUT2D eigenvalue weighted by Crippen LogP contribution is -2.48. The Morgan fingerprint density at radius 2 is 2.29 bits per heavy atom. The van der Waals surface area contributed by atoms with Crippen LogP contribution in [0, 0.1) is 0 Å². The van der Waals surface area contributed by atoms with Gasteiger partial charge in [0.15, 0.2) is 11.5 Å². The van der Waals surface area contributed by atoms with Crippen LogP contribution in [0.25, 0.3) is 0 Å². The molecule has 118 valence electrons. The molecule has 0 aliphatic carbocycles. The van der Waals surface area contributed by atoms with E-state index in [-0.39, 0.29) is 18.2 Å². The number of hydrogen-bond acceptors (Lipinski definition) is 4. The molecule has 1 aliphatic heterocycles. The van der Waals surface area contributed by atoms with Crippen LogP contribution in [0.15, 0.2) is 24.8 Å². The lowest BCUT2D eigenvalue weighted by Gasteiger charge is -2.32. The van der Waals surface area contributed by atoms with E-state index in [1.165, 1.54) is 5.56 Å². The van der Waals surface area contributed by atoms with Gasteiger partial charge in [-0.2, -0.15) is 0 Å². The van der Waals surface area contributed by atoms with E-state index in [4.69, 9.17) is 4.74 Å². The van der Waals surface area contributed by atoms with E-state index < -0.39 is 0 Å². The van der Waals surface area contributed by atoms with Gasteiger partial charge in [0.25, 0.3) is 0 Å². The average molecular weight is 313 g/mol. The first-order valence-electron chi connectivity index (χ1n) is 7.09. The molecular weight excluding hydrogens is 288 g/mol. The summed E-state index contributed by atoms with van der Waals surface area (Å²) in [5, 5.41) is 13.5. The normalized spacial score (nSPS) is 18.9. The van der Waals surface area contributed by atoms with E-state index in [1.54, 1.807) is 13.2 Å². The molecule has 1 aliphatic rings. The second-order valence-electron chi connectivity index (χ2n) is 5.39. The molecule has 0 bridgehead atoms. The second-order valence-corrected chi connectivity index (χ2v) is 5.39. The van der Waals surface area contributed by atoms with Gasteiger partial charge in [0.1, 0.15) is 0 Å². The SMILES string of the molecule is C=CCc1cc(CN2CCNC(C)C2)cc(OC)c1O.Cl. The average Bonchev–Trinajstić information content (AvgIpc) is 2.42. The van der Waals surface area contributed by atoms with Crippen molar-refractivity contribution in [3.8, 4) is 11.5 Å². The molecular formula is C16H25ClN2O2. The summed E-state index contributed by atoms with van der Waals surface area (Å²) in [4.78, 5) is 2.42. The van der Waals surface area contributed by atoms with Gasteiger partial charge in [-0.15, -0.1) is 19.0 Å².